The molecule has 1 fully saturated rings. The van der Waals surface area contributed by atoms with Gasteiger partial charge in [0.05, 0.1) is 18.0 Å². The summed E-state index contributed by atoms with van der Waals surface area (Å²) >= 11 is 0. The van der Waals surface area contributed by atoms with Crippen LogP contribution in [0.1, 0.15) is 25.3 Å². The first kappa shape index (κ1) is 19.7. The van der Waals surface area contributed by atoms with Crippen LogP contribution >= 0.6 is 0 Å². The van der Waals surface area contributed by atoms with Gasteiger partial charge in [0, 0.05) is 26.7 Å². The van der Waals surface area contributed by atoms with Crippen molar-refractivity contribution in [2.45, 2.75) is 31.2 Å². The molecule has 1 aromatic rings. The predicted octanol–water partition coefficient (Wildman–Crippen LogP) is 1.16. The fourth-order valence-electron chi connectivity index (χ4n) is 2.68. The average molecular weight is 369 g/mol. The highest BCUT2D eigenvalue weighted by atomic mass is 32.2. The SMILES string of the molecule is COCCNS(=O)(=O)c1cccc(CN=C(N)N2CCC(C)CC2)c1. The Morgan fingerprint density at radius 3 is 2.80 bits per heavy atom. The molecule has 0 aromatic heterocycles. The van der Waals surface area contributed by atoms with Crippen LogP contribution in [0.2, 0.25) is 0 Å². The van der Waals surface area contributed by atoms with E-state index in [-0.39, 0.29) is 11.4 Å². The monoisotopic (exact) mass is 368 g/mol. The molecule has 0 saturated carbocycles. The number of likely N-dealkylation sites (tertiary alicyclic amines) is 1. The number of nitrogens with one attached hydrogen (secondary N) is 1. The Hall–Kier alpha value is -1.64. The van der Waals surface area contributed by atoms with Crippen LogP contribution in [-0.2, 0) is 21.3 Å². The Morgan fingerprint density at radius 1 is 1.40 bits per heavy atom. The van der Waals surface area contributed by atoms with Crippen molar-refractivity contribution in [2.75, 3.05) is 33.4 Å². The second-order valence-electron chi connectivity index (χ2n) is 6.38. The summed E-state index contributed by atoms with van der Waals surface area (Å²) in [6.07, 6.45) is 2.24. The van der Waals surface area contributed by atoms with Gasteiger partial charge in [0.15, 0.2) is 5.96 Å². The van der Waals surface area contributed by atoms with E-state index in [2.05, 4.69) is 21.5 Å². The lowest BCUT2D eigenvalue weighted by Gasteiger charge is -2.31. The molecule has 7 nitrogen and oxygen atoms in total. The molecule has 1 aliphatic heterocycles. The molecule has 0 aliphatic carbocycles. The number of aliphatic imine (C=N–C) groups is 1. The molecule has 1 saturated heterocycles. The van der Waals surface area contributed by atoms with Crippen molar-refractivity contribution >= 4 is 16.0 Å². The number of hydrogen-bond acceptors (Lipinski definition) is 4. The molecule has 1 aromatic carbocycles. The summed E-state index contributed by atoms with van der Waals surface area (Å²) in [7, 11) is -2.01. The van der Waals surface area contributed by atoms with Crippen LogP contribution in [0.4, 0.5) is 0 Å². The Kier molecular flexibility index (Phi) is 7.22. The van der Waals surface area contributed by atoms with Crippen molar-refractivity contribution in [3.05, 3.63) is 29.8 Å². The third kappa shape index (κ3) is 5.98. The normalized spacial score (nSPS) is 17.0. The van der Waals surface area contributed by atoms with E-state index in [4.69, 9.17) is 10.5 Å². The van der Waals surface area contributed by atoms with Gasteiger partial charge in [-0.2, -0.15) is 0 Å². The number of guanidine groups is 1. The number of ether oxygens (including phenoxy) is 1. The lowest BCUT2D eigenvalue weighted by atomic mass is 10.00. The van der Waals surface area contributed by atoms with Crippen molar-refractivity contribution in [1.29, 1.82) is 0 Å². The summed E-state index contributed by atoms with van der Waals surface area (Å²) in [5, 5.41) is 0. The van der Waals surface area contributed by atoms with Crippen molar-refractivity contribution < 1.29 is 13.2 Å². The number of nitrogens with two attached hydrogens (primary N) is 1. The Labute approximate surface area is 150 Å². The van der Waals surface area contributed by atoms with E-state index in [9.17, 15) is 8.42 Å². The predicted molar refractivity (Wildman–Crippen MR) is 98.8 cm³/mol. The minimum absolute atomic E-state index is 0.224. The van der Waals surface area contributed by atoms with Gasteiger partial charge in [-0.1, -0.05) is 19.1 Å². The van der Waals surface area contributed by atoms with Crippen LogP contribution in [0.3, 0.4) is 0 Å². The van der Waals surface area contributed by atoms with E-state index in [1.807, 2.05) is 6.07 Å². The summed E-state index contributed by atoms with van der Waals surface area (Å²) in [5.41, 5.74) is 6.89. The molecule has 0 unspecified atom stereocenters. The number of nitrogens with zero attached hydrogens (tertiary/aromatic N) is 2. The summed E-state index contributed by atoms with van der Waals surface area (Å²) in [6.45, 7) is 5.02. The molecule has 1 aliphatic rings. The molecular weight excluding hydrogens is 340 g/mol. The Balaban J connectivity index is 2.00. The van der Waals surface area contributed by atoms with E-state index >= 15 is 0 Å². The summed E-state index contributed by atoms with van der Waals surface area (Å²) < 4.78 is 31.8. The molecule has 0 spiro atoms. The molecular formula is C17H28N4O3S. The number of benzene rings is 1. The number of piperidine rings is 1. The zero-order valence-electron chi connectivity index (χ0n) is 14.9. The van der Waals surface area contributed by atoms with Crippen molar-refractivity contribution in [1.82, 2.24) is 9.62 Å². The number of rotatable bonds is 7. The van der Waals surface area contributed by atoms with Crippen molar-refractivity contribution in [3.8, 4) is 0 Å². The molecule has 3 N–H and O–H groups in total. The van der Waals surface area contributed by atoms with Crippen LogP contribution in [0.15, 0.2) is 34.2 Å². The van der Waals surface area contributed by atoms with Crippen molar-refractivity contribution in [2.24, 2.45) is 16.6 Å². The molecule has 0 amide bonds. The van der Waals surface area contributed by atoms with Gasteiger partial charge in [-0.3, -0.25) is 0 Å². The second-order valence-corrected chi connectivity index (χ2v) is 8.15. The maximum atomic E-state index is 12.2. The first-order valence-electron chi connectivity index (χ1n) is 8.55. The standard InChI is InChI=1S/C17H28N4O3S/c1-14-6-9-21(10-7-14)17(18)19-13-15-4-3-5-16(12-15)25(22,23)20-8-11-24-2/h3-5,12,14,20H,6-11,13H2,1-2H3,(H2,18,19). The van der Waals surface area contributed by atoms with Gasteiger partial charge in [-0.25, -0.2) is 18.1 Å². The van der Waals surface area contributed by atoms with Crippen LogP contribution in [-0.4, -0.2) is 52.6 Å². The minimum Gasteiger partial charge on any atom is -0.383 e. The maximum Gasteiger partial charge on any atom is 0.240 e. The van der Waals surface area contributed by atoms with Gasteiger partial charge in [0.1, 0.15) is 0 Å². The van der Waals surface area contributed by atoms with Gasteiger partial charge in [-0.15, -0.1) is 0 Å². The highest BCUT2D eigenvalue weighted by Gasteiger charge is 2.17. The zero-order valence-corrected chi connectivity index (χ0v) is 15.8. The van der Waals surface area contributed by atoms with Gasteiger partial charge < -0.3 is 15.4 Å². The molecule has 0 atom stereocenters. The zero-order chi connectivity index (χ0) is 18.3. The first-order chi connectivity index (χ1) is 11.9. The molecule has 25 heavy (non-hydrogen) atoms. The fourth-order valence-corrected chi connectivity index (χ4v) is 3.77. The van der Waals surface area contributed by atoms with Gasteiger partial charge in [-0.05, 0) is 36.5 Å². The molecule has 140 valence electrons. The second kappa shape index (κ2) is 9.17. The fraction of sp³-hybridized carbons (Fsp3) is 0.588. The van der Waals surface area contributed by atoms with Crippen LogP contribution in [0.25, 0.3) is 0 Å². The van der Waals surface area contributed by atoms with Crippen LogP contribution in [0.5, 0.6) is 0 Å². The van der Waals surface area contributed by atoms with E-state index in [1.54, 1.807) is 18.2 Å². The average Bonchev–Trinajstić information content (AvgIpc) is 2.61. The van der Waals surface area contributed by atoms with Gasteiger partial charge in [0.25, 0.3) is 0 Å². The summed E-state index contributed by atoms with van der Waals surface area (Å²) in [5.74, 6) is 1.26. The maximum absolute atomic E-state index is 12.2. The highest BCUT2D eigenvalue weighted by Crippen LogP contribution is 2.16. The van der Waals surface area contributed by atoms with Crippen LogP contribution in [0, 0.1) is 5.92 Å². The topological polar surface area (TPSA) is 97.0 Å². The number of sulfonamides is 1. The smallest absolute Gasteiger partial charge is 0.240 e. The quantitative estimate of drug-likeness (QED) is 0.428. The Bertz CT molecular complexity index is 683. The van der Waals surface area contributed by atoms with E-state index in [0.717, 1.165) is 37.4 Å². The van der Waals surface area contributed by atoms with E-state index in [0.29, 0.717) is 19.1 Å². The summed E-state index contributed by atoms with van der Waals surface area (Å²) in [6, 6.07) is 6.76. The van der Waals surface area contributed by atoms with Gasteiger partial charge >= 0.3 is 0 Å². The Morgan fingerprint density at radius 2 is 2.12 bits per heavy atom. The molecule has 0 radical (unpaired) electrons. The molecule has 0 bridgehead atoms. The van der Waals surface area contributed by atoms with Gasteiger partial charge in [0.2, 0.25) is 10.0 Å². The third-order valence-corrected chi connectivity index (χ3v) is 5.80. The molecule has 8 heteroatoms. The first-order valence-corrected chi connectivity index (χ1v) is 10.0. The summed E-state index contributed by atoms with van der Waals surface area (Å²) in [4.78, 5) is 6.74. The van der Waals surface area contributed by atoms with E-state index < -0.39 is 10.0 Å². The number of methoxy groups -OCH3 is 1. The lowest BCUT2D eigenvalue weighted by Crippen LogP contribution is -2.42. The number of hydrogen-bond donors (Lipinski definition) is 2. The minimum atomic E-state index is -3.54. The highest BCUT2D eigenvalue weighted by molar-refractivity contribution is 7.89. The largest absolute Gasteiger partial charge is 0.383 e. The van der Waals surface area contributed by atoms with Crippen molar-refractivity contribution in [3.63, 3.8) is 0 Å². The van der Waals surface area contributed by atoms with E-state index in [1.165, 1.54) is 7.11 Å². The molecule has 2 rings (SSSR count). The lowest BCUT2D eigenvalue weighted by molar-refractivity contribution is 0.204. The van der Waals surface area contributed by atoms with Crippen LogP contribution < -0.4 is 10.5 Å². The third-order valence-electron chi connectivity index (χ3n) is 4.34. The molecule has 1 heterocycles.